The Morgan fingerprint density at radius 1 is 1.29 bits per heavy atom. The zero-order chi connectivity index (χ0) is 17.4. The average Bonchev–Trinajstić information content (AvgIpc) is 3.10. The second-order valence-corrected chi connectivity index (χ2v) is 7.69. The number of aliphatic carboxylic acids is 1. The van der Waals surface area contributed by atoms with Crippen molar-refractivity contribution in [2.75, 3.05) is 13.2 Å². The molecule has 138 valence electrons. The van der Waals surface area contributed by atoms with Crippen LogP contribution in [0.3, 0.4) is 0 Å². The highest BCUT2D eigenvalue weighted by atomic mass is 16.5. The molecule has 2 aliphatic carbocycles. The number of aliphatic hydroxyl groups is 1. The van der Waals surface area contributed by atoms with Crippen molar-refractivity contribution in [1.29, 1.82) is 0 Å². The number of aliphatic hydroxyl groups excluding tert-OH is 1. The predicted octanol–water partition coefficient (Wildman–Crippen LogP) is 4.03. The van der Waals surface area contributed by atoms with Crippen molar-refractivity contribution in [2.24, 2.45) is 23.7 Å². The Morgan fingerprint density at radius 3 is 2.88 bits per heavy atom. The first-order valence-electron chi connectivity index (χ1n) is 9.76. The van der Waals surface area contributed by atoms with E-state index in [9.17, 15) is 9.90 Å². The zero-order valence-corrected chi connectivity index (χ0v) is 15.0. The molecule has 4 heteroatoms. The Balaban J connectivity index is 1.69. The summed E-state index contributed by atoms with van der Waals surface area (Å²) in [5, 5.41) is 18.7. The van der Waals surface area contributed by atoms with E-state index >= 15 is 0 Å². The van der Waals surface area contributed by atoms with Crippen LogP contribution >= 0.6 is 0 Å². The van der Waals surface area contributed by atoms with Crippen molar-refractivity contribution in [3.05, 3.63) is 12.2 Å². The molecule has 2 saturated carbocycles. The van der Waals surface area contributed by atoms with Crippen molar-refractivity contribution in [3.8, 4) is 0 Å². The molecule has 2 rings (SSSR count). The van der Waals surface area contributed by atoms with Crippen LogP contribution in [0, 0.1) is 23.7 Å². The Hall–Kier alpha value is -0.870. The first-order chi connectivity index (χ1) is 11.6. The molecule has 0 saturated heterocycles. The molecule has 2 N–H and O–H groups in total. The molecule has 0 heterocycles. The van der Waals surface area contributed by atoms with Crippen LogP contribution in [-0.2, 0) is 9.53 Å². The maximum absolute atomic E-state index is 10.5. The lowest BCUT2D eigenvalue weighted by Crippen LogP contribution is -2.11. The van der Waals surface area contributed by atoms with Gasteiger partial charge in [-0.05, 0) is 62.2 Å². The van der Waals surface area contributed by atoms with E-state index in [4.69, 9.17) is 9.84 Å². The highest BCUT2D eigenvalue weighted by Crippen LogP contribution is 2.51. The number of carboxylic acid groups (broad SMARTS) is 1. The van der Waals surface area contributed by atoms with Gasteiger partial charge in [-0.15, -0.1) is 0 Å². The zero-order valence-electron chi connectivity index (χ0n) is 15.0. The molecule has 0 aromatic carbocycles. The molecule has 24 heavy (non-hydrogen) atoms. The fourth-order valence-electron chi connectivity index (χ4n) is 4.61. The molecule has 0 aromatic heterocycles. The van der Waals surface area contributed by atoms with E-state index in [2.05, 4.69) is 13.0 Å². The van der Waals surface area contributed by atoms with Crippen LogP contribution in [0.5, 0.6) is 0 Å². The monoisotopic (exact) mass is 338 g/mol. The Bertz CT molecular complexity index is 406. The van der Waals surface area contributed by atoms with E-state index in [-0.39, 0.29) is 12.7 Å². The highest BCUT2D eigenvalue weighted by Gasteiger charge is 2.41. The van der Waals surface area contributed by atoms with Gasteiger partial charge in [-0.1, -0.05) is 38.3 Å². The van der Waals surface area contributed by atoms with Crippen molar-refractivity contribution in [2.45, 2.75) is 70.8 Å². The van der Waals surface area contributed by atoms with Gasteiger partial charge in [-0.25, -0.2) is 4.79 Å². The minimum absolute atomic E-state index is 0.180. The quantitative estimate of drug-likeness (QED) is 0.441. The van der Waals surface area contributed by atoms with Gasteiger partial charge in [0.2, 0.25) is 0 Å². The largest absolute Gasteiger partial charge is 0.480 e. The molecular formula is C20H34O4. The number of carboxylic acids is 1. The molecule has 0 spiro atoms. The number of unbranched alkanes of at least 4 members (excludes halogenated alkanes) is 2. The summed E-state index contributed by atoms with van der Waals surface area (Å²) in [4.78, 5) is 10.5. The number of hydrogen-bond acceptors (Lipinski definition) is 3. The van der Waals surface area contributed by atoms with Gasteiger partial charge >= 0.3 is 5.97 Å². The minimum atomic E-state index is -0.888. The molecule has 2 unspecified atom stereocenters. The number of rotatable bonds is 11. The Morgan fingerprint density at radius 2 is 2.12 bits per heavy atom. The lowest BCUT2D eigenvalue weighted by atomic mass is 9.90. The van der Waals surface area contributed by atoms with Gasteiger partial charge < -0.3 is 14.9 Å². The van der Waals surface area contributed by atoms with Gasteiger partial charge in [0.05, 0.1) is 6.10 Å². The maximum Gasteiger partial charge on any atom is 0.329 e. The third kappa shape index (κ3) is 6.21. The van der Waals surface area contributed by atoms with Gasteiger partial charge in [0, 0.05) is 6.61 Å². The third-order valence-corrected chi connectivity index (χ3v) is 5.85. The van der Waals surface area contributed by atoms with E-state index in [1.165, 1.54) is 38.5 Å². The van der Waals surface area contributed by atoms with Gasteiger partial charge in [0.25, 0.3) is 0 Å². The van der Waals surface area contributed by atoms with Gasteiger partial charge in [0.15, 0.2) is 0 Å². The Kier molecular flexibility index (Phi) is 8.26. The Labute approximate surface area is 146 Å². The second kappa shape index (κ2) is 10.2. The summed E-state index contributed by atoms with van der Waals surface area (Å²) in [5.74, 6) is 2.00. The normalized spacial score (nSPS) is 30.8. The molecule has 2 aliphatic rings. The summed E-state index contributed by atoms with van der Waals surface area (Å²) >= 11 is 0. The van der Waals surface area contributed by atoms with Crippen LogP contribution < -0.4 is 0 Å². The fourth-order valence-corrected chi connectivity index (χ4v) is 4.61. The van der Waals surface area contributed by atoms with E-state index in [0.717, 1.165) is 31.1 Å². The van der Waals surface area contributed by atoms with Gasteiger partial charge in [-0.3, -0.25) is 0 Å². The molecule has 0 bridgehead atoms. The third-order valence-electron chi connectivity index (χ3n) is 5.85. The molecular weight excluding hydrogens is 304 g/mol. The van der Waals surface area contributed by atoms with Crippen LogP contribution in [0.1, 0.15) is 64.7 Å². The standard InChI is InChI=1S/C20H34O4/c1-2-3-4-5-18(21)9-8-16-6-7-17-12-15(13-19(16)17)10-11-24-14-20(22)23/h8-9,15-19,21H,2-7,10-14H2,1H3,(H,22,23)/t15?,16-,17+,18?,19-/m0/s1. The molecule has 0 aromatic rings. The van der Waals surface area contributed by atoms with E-state index in [1.54, 1.807) is 0 Å². The summed E-state index contributed by atoms with van der Waals surface area (Å²) in [6.45, 7) is 2.57. The highest BCUT2D eigenvalue weighted by molar-refractivity contribution is 5.67. The van der Waals surface area contributed by atoms with Crippen LogP contribution in [-0.4, -0.2) is 35.5 Å². The predicted molar refractivity (Wildman–Crippen MR) is 94.8 cm³/mol. The summed E-state index contributed by atoms with van der Waals surface area (Å²) in [5.41, 5.74) is 0. The number of hydrogen-bond donors (Lipinski definition) is 2. The van der Waals surface area contributed by atoms with E-state index in [0.29, 0.717) is 18.4 Å². The van der Waals surface area contributed by atoms with Crippen molar-refractivity contribution < 1.29 is 19.7 Å². The van der Waals surface area contributed by atoms with Crippen LogP contribution in [0.2, 0.25) is 0 Å². The molecule has 0 radical (unpaired) electrons. The number of allylic oxidation sites excluding steroid dienone is 1. The smallest absolute Gasteiger partial charge is 0.329 e. The number of carbonyl (C=O) groups is 1. The number of ether oxygens (including phenoxy) is 1. The maximum atomic E-state index is 10.5. The molecule has 0 amide bonds. The number of fused-ring (bicyclic) bond motifs is 1. The van der Waals surface area contributed by atoms with E-state index in [1.807, 2.05) is 6.08 Å². The summed E-state index contributed by atoms with van der Waals surface area (Å²) in [6, 6.07) is 0. The fraction of sp³-hybridized carbons (Fsp3) is 0.850. The molecule has 4 nitrogen and oxygen atoms in total. The molecule has 5 atom stereocenters. The van der Waals surface area contributed by atoms with Crippen molar-refractivity contribution in [1.82, 2.24) is 0 Å². The van der Waals surface area contributed by atoms with Crippen molar-refractivity contribution >= 4 is 5.97 Å². The van der Waals surface area contributed by atoms with Gasteiger partial charge in [0.1, 0.15) is 6.61 Å². The first-order valence-corrected chi connectivity index (χ1v) is 9.76. The van der Waals surface area contributed by atoms with Gasteiger partial charge in [-0.2, -0.15) is 0 Å². The summed E-state index contributed by atoms with van der Waals surface area (Å²) in [6.07, 6.45) is 14.5. The summed E-state index contributed by atoms with van der Waals surface area (Å²) in [7, 11) is 0. The lowest BCUT2D eigenvalue weighted by molar-refractivity contribution is -0.142. The molecule has 2 fully saturated rings. The average molecular weight is 338 g/mol. The summed E-state index contributed by atoms with van der Waals surface area (Å²) < 4.78 is 5.19. The lowest BCUT2D eigenvalue weighted by Gasteiger charge is -2.16. The van der Waals surface area contributed by atoms with Crippen LogP contribution in [0.25, 0.3) is 0 Å². The topological polar surface area (TPSA) is 66.8 Å². The van der Waals surface area contributed by atoms with Crippen LogP contribution in [0.4, 0.5) is 0 Å². The SMILES string of the molecule is CCCCCC(O)C=C[C@@H]1CC[C@@H]2CC(CCOCC(=O)O)C[C@H]21. The van der Waals surface area contributed by atoms with E-state index < -0.39 is 5.97 Å². The van der Waals surface area contributed by atoms with Crippen LogP contribution in [0.15, 0.2) is 12.2 Å². The molecule has 0 aliphatic heterocycles. The minimum Gasteiger partial charge on any atom is -0.480 e. The first kappa shape index (κ1) is 19.5. The van der Waals surface area contributed by atoms with Crippen molar-refractivity contribution in [3.63, 3.8) is 0 Å². The second-order valence-electron chi connectivity index (χ2n) is 7.69.